The van der Waals surface area contributed by atoms with Gasteiger partial charge in [0.25, 0.3) is 0 Å². The average Bonchev–Trinajstić information content (AvgIpc) is 2.22. The summed E-state index contributed by atoms with van der Waals surface area (Å²) in [6.45, 7) is 1.85. The molecule has 2 nitrogen and oxygen atoms in total. The third kappa shape index (κ3) is 3.98. The maximum atomic E-state index is 13.3. The maximum absolute atomic E-state index is 13.3. The van der Waals surface area contributed by atoms with Crippen LogP contribution in [0.1, 0.15) is 12.5 Å². The van der Waals surface area contributed by atoms with Crippen molar-refractivity contribution in [2.24, 2.45) is 0 Å². The van der Waals surface area contributed by atoms with Crippen LogP contribution in [0, 0.1) is 9.39 Å². The zero-order chi connectivity index (χ0) is 13.1. The Balaban J connectivity index is 2.99. The number of rotatable bonds is 4. The van der Waals surface area contributed by atoms with E-state index >= 15 is 0 Å². The number of ether oxygens (including phenoxy) is 2. The van der Waals surface area contributed by atoms with Crippen molar-refractivity contribution in [1.29, 1.82) is 0 Å². The van der Waals surface area contributed by atoms with Gasteiger partial charge in [0.2, 0.25) is 0 Å². The van der Waals surface area contributed by atoms with Crippen molar-refractivity contribution in [3.05, 3.63) is 27.1 Å². The van der Waals surface area contributed by atoms with Gasteiger partial charge in [-0.1, -0.05) is 0 Å². The average molecular weight is 364 g/mol. The molecule has 1 aromatic rings. The van der Waals surface area contributed by atoms with E-state index in [1.54, 1.807) is 29.5 Å². The summed E-state index contributed by atoms with van der Waals surface area (Å²) >= 11 is 1.58. The molecule has 0 heterocycles. The smallest absolute Gasteiger partial charge is 0.416 e. The highest BCUT2D eigenvalue weighted by atomic mass is 127. The van der Waals surface area contributed by atoms with E-state index in [-0.39, 0.29) is 16.1 Å². The molecule has 0 amide bonds. The van der Waals surface area contributed by atoms with E-state index in [0.717, 1.165) is 6.07 Å². The van der Waals surface area contributed by atoms with Gasteiger partial charge in [0.15, 0.2) is 6.79 Å². The molecule has 96 valence electrons. The van der Waals surface area contributed by atoms with Gasteiger partial charge in [0, 0.05) is 6.61 Å². The Bertz CT molecular complexity index is 393. The highest BCUT2D eigenvalue weighted by molar-refractivity contribution is 14.1. The largest absolute Gasteiger partial charge is 0.466 e. The Labute approximate surface area is 109 Å². The summed E-state index contributed by atoms with van der Waals surface area (Å²) in [6, 6.07) is 1.19. The lowest BCUT2D eigenvalue weighted by molar-refractivity contribution is -0.138. The van der Waals surface area contributed by atoms with Crippen molar-refractivity contribution in [2.75, 3.05) is 13.4 Å². The van der Waals surface area contributed by atoms with Crippen LogP contribution in [0.2, 0.25) is 0 Å². The summed E-state index contributed by atoms with van der Waals surface area (Å²) in [4.78, 5) is 0. The monoisotopic (exact) mass is 364 g/mol. The summed E-state index contributed by atoms with van der Waals surface area (Å²) in [7, 11) is 0. The van der Waals surface area contributed by atoms with Gasteiger partial charge in [-0.25, -0.2) is 4.39 Å². The van der Waals surface area contributed by atoms with Gasteiger partial charge in [-0.15, -0.1) is 0 Å². The number of hydrogen-bond donors (Lipinski definition) is 0. The Hall–Kier alpha value is -0.570. The third-order valence-corrected chi connectivity index (χ3v) is 2.87. The molecule has 0 atom stereocenters. The lowest BCUT2D eigenvalue weighted by Crippen LogP contribution is -2.09. The molecular formula is C10H9F4IO2. The van der Waals surface area contributed by atoms with E-state index in [9.17, 15) is 17.6 Å². The van der Waals surface area contributed by atoms with Crippen LogP contribution < -0.4 is 4.74 Å². The highest BCUT2D eigenvalue weighted by Gasteiger charge is 2.32. The standard InChI is InChI=1S/C10H9F4IO2/c1-2-16-5-17-8-4-6(10(12,13)14)3-7(11)9(8)15/h3-4H,2,5H2,1H3. The van der Waals surface area contributed by atoms with Crippen LogP contribution in [0.5, 0.6) is 5.75 Å². The molecule has 0 unspecified atom stereocenters. The van der Waals surface area contributed by atoms with Crippen molar-refractivity contribution >= 4 is 22.6 Å². The molecule has 0 aliphatic carbocycles. The molecule has 1 aromatic carbocycles. The molecular weight excluding hydrogens is 355 g/mol. The van der Waals surface area contributed by atoms with Gasteiger partial charge in [0.05, 0.1) is 9.13 Å². The van der Waals surface area contributed by atoms with E-state index < -0.39 is 17.6 Å². The Morgan fingerprint density at radius 2 is 1.94 bits per heavy atom. The molecule has 0 fully saturated rings. The predicted molar refractivity (Wildman–Crippen MR) is 61.2 cm³/mol. The van der Waals surface area contributed by atoms with Crippen LogP contribution in [0.15, 0.2) is 12.1 Å². The number of hydrogen-bond acceptors (Lipinski definition) is 2. The van der Waals surface area contributed by atoms with Crippen molar-refractivity contribution in [2.45, 2.75) is 13.1 Å². The fourth-order valence-electron chi connectivity index (χ4n) is 1.02. The maximum Gasteiger partial charge on any atom is 0.416 e. The van der Waals surface area contributed by atoms with Gasteiger partial charge in [-0.3, -0.25) is 0 Å². The fraction of sp³-hybridized carbons (Fsp3) is 0.400. The van der Waals surface area contributed by atoms with Crippen LogP contribution in [-0.2, 0) is 10.9 Å². The van der Waals surface area contributed by atoms with E-state index in [1.807, 2.05) is 0 Å². The number of alkyl halides is 3. The molecule has 0 aliphatic heterocycles. The van der Waals surface area contributed by atoms with Crippen LogP contribution >= 0.6 is 22.6 Å². The van der Waals surface area contributed by atoms with E-state index in [0.29, 0.717) is 12.7 Å². The second-order valence-corrected chi connectivity index (χ2v) is 4.10. The molecule has 7 heteroatoms. The molecule has 0 N–H and O–H groups in total. The molecule has 0 spiro atoms. The molecule has 1 rings (SSSR count). The van der Waals surface area contributed by atoms with Crippen molar-refractivity contribution in [1.82, 2.24) is 0 Å². The molecule has 0 aliphatic rings. The fourth-order valence-corrected chi connectivity index (χ4v) is 1.49. The Kier molecular flexibility index (Phi) is 4.99. The lowest BCUT2D eigenvalue weighted by Gasteiger charge is -2.12. The van der Waals surface area contributed by atoms with Crippen molar-refractivity contribution < 1.29 is 27.0 Å². The molecule has 0 radical (unpaired) electrons. The molecule has 0 saturated heterocycles. The highest BCUT2D eigenvalue weighted by Crippen LogP contribution is 2.35. The minimum absolute atomic E-state index is 0.00435. The first-order valence-corrected chi connectivity index (χ1v) is 5.71. The minimum atomic E-state index is -4.60. The summed E-state index contributed by atoms with van der Waals surface area (Å²) in [5.41, 5.74) is -1.08. The van der Waals surface area contributed by atoms with Crippen LogP contribution in [0.3, 0.4) is 0 Å². The molecule has 0 saturated carbocycles. The van der Waals surface area contributed by atoms with Crippen LogP contribution in [0.4, 0.5) is 17.6 Å². The molecule has 0 bridgehead atoms. The quantitative estimate of drug-likeness (QED) is 0.350. The lowest BCUT2D eigenvalue weighted by atomic mass is 10.2. The predicted octanol–water partition coefficient (Wildman–Crippen LogP) is 3.82. The molecule has 0 aromatic heterocycles. The van der Waals surface area contributed by atoms with E-state index in [1.165, 1.54) is 0 Å². The SMILES string of the molecule is CCOCOc1cc(C(F)(F)F)cc(F)c1I. The van der Waals surface area contributed by atoms with Gasteiger partial charge in [0.1, 0.15) is 11.6 Å². The minimum Gasteiger partial charge on any atom is -0.466 e. The van der Waals surface area contributed by atoms with E-state index in [4.69, 9.17) is 9.47 Å². The zero-order valence-corrected chi connectivity index (χ0v) is 10.9. The Morgan fingerprint density at radius 1 is 1.29 bits per heavy atom. The second-order valence-electron chi connectivity index (χ2n) is 3.02. The summed E-state index contributed by atoms with van der Waals surface area (Å²) in [5, 5.41) is 0. The second kappa shape index (κ2) is 5.85. The van der Waals surface area contributed by atoms with Gasteiger partial charge < -0.3 is 9.47 Å². The van der Waals surface area contributed by atoms with Crippen LogP contribution in [0.25, 0.3) is 0 Å². The summed E-state index contributed by atoms with van der Waals surface area (Å²) in [5.74, 6) is -1.14. The topological polar surface area (TPSA) is 18.5 Å². The third-order valence-electron chi connectivity index (χ3n) is 1.82. The Morgan fingerprint density at radius 3 is 2.47 bits per heavy atom. The van der Waals surface area contributed by atoms with Crippen LogP contribution in [-0.4, -0.2) is 13.4 Å². The first kappa shape index (κ1) is 14.5. The first-order chi connectivity index (χ1) is 7.86. The van der Waals surface area contributed by atoms with Gasteiger partial charge in [-0.05, 0) is 41.6 Å². The van der Waals surface area contributed by atoms with Gasteiger partial charge in [-0.2, -0.15) is 13.2 Å². The first-order valence-electron chi connectivity index (χ1n) is 4.63. The number of halogens is 5. The van der Waals surface area contributed by atoms with E-state index in [2.05, 4.69) is 0 Å². The summed E-state index contributed by atoms with van der Waals surface area (Å²) < 4.78 is 60.2. The number of benzene rings is 1. The molecule has 17 heavy (non-hydrogen) atoms. The van der Waals surface area contributed by atoms with Crippen molar-refractivity contribution in [3.63, 3.8) is 0 Å². The zero-order valence-electron chi connectivity index (χ0n) is 8.78. The summed E-state index contributed by atoms with van der Waals surface area (Å²) in [6.07, 6.45) is -4.60. The van der Waals surface area contributed by atoms with Crippen molar-refractivity contribution in [3.8, 4) is 5.75 Å². The van der Waals surface area contributed by atoms with Gasteiger partial charge >= 0.3 is 6.18 Å². The normalized spacial score (nSPS) is 11.6.